The van der Waals surface area contributed by atoms with E-state index in [2.05, 4.69) is 41.8 Å². The van der Waals surface area contributed by atoms with E-state index < -0.39 is 11.9 Å². The summed E-state index contributed by atoms with van der Waals surface area (Å²) < 4.78 is 2.17. The largest absolute Gasteiger partial charge is 0.550 e. The van der Waals surface area contributed by atoms with E-state index in [4.69, 9.17) is 0 Å². The van der Waals surface area contributed by atoms with Crippen LogP contribution in [-0.4, -0.2) is 97.7 Å². The van der Waals surface area contributed by atoms with Crippen molar-refractivity contribution < 1.29 is 39.0 Å². The molecule has 0 radical (unpaired) electrons. The monoisotopic (exact) mass is 857 g/mol. The molecular formula is C52H108N2O6. The number of hydrogen-bond donors (Lipinski definition) is 2. The zero-order chi connectivity index (χ0) is 45.3. The number of hydrogen-bond acceptors (Lipinski definition) is 6. The fraction of sp³-hybridized carbons (Fsp3) is 0.962. The highest BCUT2D eigenvalue weighted by atomic mass is 16.4. The lowest BCUT2D eigenvalue weighted by Crippen LogP contribution is -2.47. The maximum Gasteiger partial charge on any atom is 0.102 e. The predicted octanol–water partition coefficient (Wildman–Crippen LogP) is 11.5. The van der Waals surface area contributed by atoms with Crippen molar-refractivity contribution in [3.63, 3.8) is 0 Å². The standard InChI is InChI=1S/2C23H50NO.C6H10O4/c2*1-4-6-8-10-12-14-16-18-20-24(3,22-23-25)21-19-17-15-13-11-9-7-5-2;7-5(8)3-1-2-4-6(9)10/h2*25H,4-23H2,1-3H3;1-4H2,(H,7,8)(H,9,10)/q2*+1;/p-2. The number of aliphatic carboxylic acids is 2. The third-order valence-corrected chi connectivity index (χ3v) is 12.5. The summed E-state index contributed by atoms with van der Waals surface area (Å²) >= 11 is 0. The van der Waals surface area contributed by atoms with Gasteiger partial charge in [0.25, 0.3) is 0 Å². The number of rotatable bonds is 45. The summed E-state index contributed by atoms with van der Waals surface area (Å²) in [5, 5.41) is 38.4. The van der Waals surface area contributed by atoms with Gasteiger partial charge in [-0.25, -0.2) is 0 Å². The Kier molecular flexibility index (Phi) is 53.0. The highest BCUT2D eigenvalue weighted by molar-refractivity contribution is 5.65. The average Bonchev–Trinajstić information content (AvgIpc) is 3.21. The Morgan fingerprint density at radius 2 is 0.500 bits per heavy atom. The molecule has 2 N–H and O–H groups in total. The van der Waals surface area contributed by atoms with E-state index >= 15 is 0 Å². The van der Waals surface area contributed by atoms with Gasteiger partial charge in [0.15, 0.2) is 0 Å². The maximum atomic E-state index is 9.77. The fourth-order valence-corrected chi connectivity index (χ4v) is 8.20. The van der Waals surface area contributed by atoms with Crippen molar-refractivity contribution in [2.75, 3.05) is 66.6 Å². The SMILES string of the molecule is CCCCCCCCCC[N+](C)(CCO)CCCCCCCCCC.CCCCCCCCCC[N+](C)(CCO)CCCCCCCCCC.O=C([O-])CCCCC(=O)[O-]. The van der Waals surface area contributed by atoms with E-state index in [0.717, 1.165) is 22.1 Å². The number of likely N-dealkylation sites (N-methyl/N-ethyl adjacent to an activating group) is 2. The summed E-state index contributed by atoms with van der Waals surface area (Å²) in [6, 6.07) is 0. The molecule has 0 saturated carbocycles. The van der Waals surface area contributed by atoms with Crippen molar-refractivity contribution in [2.45, 2.75) is 259 Å². The molecule has 0 aliphatic carbocycles. The van der Waals surface area contributed by atoms with Gasteiger partial charge in [0.2, 0.25) is 0 Å². The van der Waals surface area contributed by atoms with Crippen molar-refractivity contribution in [3.8, 4) is 0 Å². The lowest BCUT2D eigenvalue weighted by Gasteiger charge is -2.34. The van der Waals surface area contributed by atoms with Gasteiger partial charge in [-0.2, -0.15) is 0 Å². The minimum absolute atomic E-state index is 0.0761. The zero-order valence-electron chi connectivity index (χ0n) is 41.5. The number of nitrogens with zero attached hydrogens (tertiary/aromatic N) is 2. The van der Waals surface area contributed by atoms with Gasteiger partial charge >= 0.3 is 0 Å². The second-order valence-electron chi connectivity index (χ2n) is 18.9. The first-order valence-corrected chi connectivity index (χ1v) is 26.3. The Morgan fingerprint density at radius 3 is 0.667 bits per heavy atom. The Balaban J connectivity index is -0.000000884. The molecular weight excluding hydrogens is 749 g/mol. The lowest BCUT2D eigenvalue weighted by atomic mass is 10.1. The maximum absolute atomic E-state index is 9.77. The van der Waals surface area contributed by atoms with Crippen molar-refractivity contribution in [1.82, 2.24) is 0 Å². The second-order valence-corrected chi connectivity index (χ2v) is 18.9. The molecule has 0 aromatic carbocycles. The van der Waals surface area contributed by atoms with Crippen LogP contribution in [0.2, 0.25) is 0 Å². The van der Waals surface area contributed by atoms with E-state index in [0.29, 0.717) is 26.1 Å². The summed E-state index contributed by atoms with van der Waals surface area (Å²) in [5.74, 6) is -2.28. The number of carbonyl (C=O) groups excluding carboxylic acids is 2. The number of carbonyl (C=O) groups is 2. The molecule has 0 bridgehead atoms. The van der Waals surface area contributed by atoms with Crippen LogP contribution in [-0.2, 0) is 9.59 Å². The molecule has 60 heavy (non-hydrogen) atoms. The quantitative estimate of drug-likeness (QED) is 0.0465. The van der Waals surface area contributed by atoms with Crippen LogP contribution in [0.3, 0.4) is 0 Å². The summed E-state index contributed by atoms with van der Waals surface area (Å²) in [6.45, 7) is 16.7. The van der Waals surface area contributed by atoms with Crippen molar-refractivity contribution >= 4 is 11.9 Å². The normalized spacial score (nSPS) is 11.5. The van der Waals surface area contributed by atoms with Gasteiger partial charge in [0, 0.05) is 11.9 Å². The molecule has 362 valence electrons. The highest BCUT2D eigenvalue weighted by Gasteiger charge is 2.21. The Labute approximate surface area is 375 Å². The first-order valence-electron chi connectivity index (χ1n) is 26.3. The molecule has 0 atom stereocenters. The van der Waals surface area contributed by atoms with Crippen LogP contribution in [0.15, 0.2) is 0 Å². The van der Waals surface area contributed by atoms with Gasteiger partial charge in [-0.1, -0.05) is 182 Å². The topological polar surface area (TPSA) is 121 Å². The third-order valence-electron chi connectivity index (χ3n) is 12.5. The molecule has 0 unspecified atom stereocenters. The number of carboxylic acids is 2. The number of unbranched alkanes of at least 4 members (excludes halogenated alkanes) is 29. The van der Waals surface area contributed by atoms with Crippen LogP contribution in [0, 0.1) is 0 Å². The van der Waals surface area contributed by atoms with Crippen LogP contribution in [0.1, 0.15) is 259 Å². The molecule has 8 heteroatoms. The van der Waals surface area contributed by atoms with E-state index in [-0.39, 0.29) is 12.8 Å². The van der Waals surface area contributed by atoms with Gasteiger partial charge < -0.3 is 39.0 Å². The third kappa shape index (κ3) is 52.9. The van der Waals surface area contributed by atoms with Gasteiger partial charge in [0.1, 0.15) is 13.1 Å². The van der Waals surface area contributed by atoms with Crippen LogP contribution in [0.4, 0.5) is 0 Å². The predicted molar refractivity (Wildman–Crippen MR) is 255 cm³/mol. The summed E-state index contributed by atoms with van der Waals surface area (Å²) in [4.78, 5) is 19.5. The summed E-state index contributed by atoms with van der Waals surface area (Å²) in [5.41, 5.74) is 0. The van der Waals surface area contributed by atoms with Crippen molar-refractivity contribution in [3.05, 3.63) is 0 Å². The van der Waals surface area contributed by atoms with E-state index in [1.54, 1.807) is 0 Å². The smallest absolute Gasteiger partial charge is 0.102 e. The molecule has 0 fully saturated rings. The highest BCUT2D eigenvalue weighted by Crippen LogP contribution is 2.16. The van der Waals surface area contributed by atoms with E-state index in [1.807, 2.05) is 0 Å². The molecule has 0 rings (SSSR count). The fourth-order valence-electron chi connectivity index (χ4n) is 8.20. The molecule has 0 aliphatic heterocycles. The molecule has 8 nitrogen and oxygen atoms in total. The first-order chi connectivity index (χ1) is 29.0. The second kappa shape index (κ2) is 50.4. The molecule has 0 saturated heterocycles. The van der Waals surface area contributed by atoms with Crippen LogP contribution in [0.25, 0.3) is 0 Å². The zero-order valence-corrected chi connectivity index (χ0v) is 41.5. The number of carboxylic acid groups (broad SMARTS) is 2. The van der Waals surface area contributed by atoms with E-state index in [9.17, 15) is 30.0 Å². The van der Waals surface area contributed by atoms with E-state index in [1.165, 1.54) is 232 Å². The van der Waals surface area contributed by atoms with Gasteiger partial charge in [-0.05, 0) is 77.0 Å². The van der Waals surface area contributed by atoms with Crippen LogP contribution < -0.4 is 10.2 Å². The minimum atomic E-state index is -1.14. The summed E-state index contributed by atoms with van der Waals surface area (Å²) in [7, 11) is 4.72. The van der Waals surface area contributed by atoms with Crippen molar-refractivity contribution in [1.29, 1.82) is 0 Å². The number of aliphatic hydroxyl groups is 2. The van der Waals surface area contributed by atoms with Gasteiger partial charge in [-0.3, -0.25) is 0 Å². The first kappa shape index (κ1) is 63.1. The lowest BCUT2D eigenvalue weighted by molar-refractivity contribution is -0.910. The minimum Gasteiger partial charge on any atom is -0.550 e. The molecule has 0 aromatic rings. The Bertz CT molecular complexity index is 748. The molecule has 0 spiro atoms. The Morgan fingerprint density at radius 1 is 0.317 bits per heavy atom. The molecule has 0 heterocycles. The summed E-state index contributed by atoms with van der Waals surface area (Å²) in [6.07, 6.45) is 45.1. The van der Waals surface area contributed by atoms with Crippen molar-refractivity contribution in [2.24, 2.45) is 0 Å². The Hall–Kier alpha value is -1.22. The molecule has 0 aliphatic rings. The number of quaternary nitrogens is 2. The van der Waals surface area contributed by atoms with Gasteiger partial charge in [0.05, 0.1) is 53.5 Å². The number of aliphatic hydroxyl groups excluding tert-OH is 2. The van der Waals surface area contributed by atoms with Gasteiger partial charge in [-0.15, -0.1) is 0 Å². The van der Waals surface area contributed by atoms with Crippen LogP contribution >= 0.6 is 0 Å². The average molecular weight is 857 g/mol. The van der Waals surface area contributed by atoms with Crippen LogP contribution in [0.5, 0.6) is 0 Å². The molecule has 0 aromatic heterocycles. The molecule has 0 amide bonds.